The number of likely N-dealkylation sites (N-methyl/N-ethyl adjacent to an activating group) is 1. The third-order valence-corrected chi connectivity index (χ3v) is 4.96. The molecule has 0 aromatic heterocycles. The summed E-state index contributed by atoms with van der Waals surface area (Å²) in [7, 11) is 1.82. The summed E-state index contributed by atoms with van der Waals surface area (Å²) in [6.45, 7) is 2.37. The van der Waals surface area contributed by atoms with Crippen LogP contribution in [0.2, 0.25) is 5.02 Å². The zero-order chi connectivity index (χ0) is 20.8. The molecule has 3 rings (SSSR count). The van der Waals surface area contributed by atoms with Crippen molar-refractivity contribution in [3.63, 3.8) is 0 Å². The van der Waals surface area contributed by atoms with Crippen LogP contribution in [0.3, 0.4) is 0 Å². The Morgan fingerprint density at radius 1 is 0.931 bits per heavy atom. The van der Waals surface area contributed by atoms with E-state index in [9.17, 15) is 9.59 Å². The van der Waals surface area contributed by atoms with Crippen LogP contribution >= 0.6 is 11.6 Å². The summed E-state index contributed by atoms with van der Waals surface area (Å²) < 4.78 is 0. The van der Waals surface area contributed by atoms with E-state index in [1.807, 2.05) is 32.2 Å². The Morgan fingerprint density at radius 3 is 2.31 bits per heavy atom. The van der Waals surface area contributed by atoms with Crippen LogP contribution in [0.5, 0.6) is 0 Å². The zero-order valence-electron chi connectivity index (χ0n) is 16.5. The Labute approximate surface area is 175 Å². The van der Waals surface area contributed by atoms with Gasteiger partial charge in [-0.1, -0.05) is 48.0 Å². The van der Waals surface area contributed by atoms with Gasteiger partial charge in [-0.2, -0.15) is 0 Å². The monoisotopic (exact) mass is 410 g/mol. The maximum Gasteiger partial charge on any atom is 0.279 e. The highest BCUT2D eigenvalue weighted by molar-refractivity contribution is 6.30. The second-order valence-corrected chi connectivity index (χ2v) is 7.70. The summed E-state index contributed by atoms with van der Waals surface area (Å²) in [6.07, 6.45) is 0. The van der Waals surface area contributed by atoms with E-state index in [2.05, 4.69) is 34.9 Å². The highest BCUT2D eigenvalue weighted by atomic mass is 35.5. The van der Waals surface area contributed by atoms with Gasteiger partial charge < -0.3 is 15.5 Å². The van der Waals surface area contributed by atoms with Crippen LogP contribution in [-0.4, -0.2) is 32.0 Å². The van der Waals surface area contributed by atoms with Gasteiger partial charge in [-0.05, 0) is 53.6 Å². The van der Waals surface area contributed by atoms with Gasteiger partial charge in [0.25, 0.3) is 11.8 Å². The first-order valence-electron chi connectivity index (χ1n) is 9.55. The Bertz CT molecular complexity index is 1000. The summed E-state index contributed by atoms with van der Waals surface area (Å²) in [5.74, 6) is -0.248. The molecule has 0 fully saturated rings. The first-order valence-corrected chi connectivity index (χ1v) is 9.93. The molecule has 3 aromatic carbocycles. The van der Waals surface area contributed by atoms with Gasteiger partial charge in [0.15, 0.2) is 13.1 Å². The van der Waals surface area contributed by atoms with Crippen molar-refractivity contribution in [2.45, 2.75) is 13.0 Å². The molecule has 0 saturated heterocycles. The summed E-state index contributed by atoms with van der Waals surface area (Å²) in [5, 5.41) is 8.75. The van der Waals surface area contributed by atoms with Crippen molar-refractivity contribution >= 4 is 39.9 Å². The van der Waals surface area contributed by atoms with E-state index < -0.39 is 0 Å². The Balaban J connectivity index is 1.49. The average Bonchev–Trinajstić information content (AvgIpc) is 2.69. The van der Waals surface area contributed by atoms with E-state index >= 15 is 0 Å². The average molecular weight is 411 g/mol. The molecule has 1 unspecified atom stereocenters. The third kappa shape index (κ3) is 6.04. The minimum Gasteiger partial charge on any atom is -0.345 e. The molecule has 0 spiro atoms. The van der Waals surface area contributed by atoms with Gasteiger partial charge in [0.05, 0.1) is 13.1 Å². The molecule has 2 amide bonds. The molecule has 0 aliphatic rings. The number of hydrogen-bond donors (Lipinski definition) is 3. The quantitative estimate of drug-likeness (QED) is 0.561. The van der Waals surface area contributed by atoms with Crippen molar-refractivity contribution in [3.8, 4) is 0 Å². The van der Waals surface area contributed by atoms with Gasteiger partial charge in [0.2, 0.25) is 0 Å². The number of carbonyl (C=O) groups excluding carboxylic acids is 2. The summed E-state index contributed by atoms with van der Waals surface area (Å²) in [4.78, 5) is 25.4. The molecule has 0 aliphatic heterocycles. The van der Waals surface area contributed by atoms with Crippen LogP contribution < -0.4 is 15.5 Å². The molecule has 0 radical (unpaired) electrons. The third-order valence-electron chi connectivity index (χ3n) is 4.70. The van der Waals surface area contributed by atoms with Crippen molar-refractivity contribution in [2.24, 2.45) is 0 Å². The van der Waals surface area contributed by atoms with Crippen molar-refractivity contribution < 1.29 is 14.5 Å². The molecule has 0 saturated carbocycles. The molecule has 0 heterocycles. The fourth-order valence-electron chi connectivity index (χ4n) is 3.20. The van der Waals surface area contributed by atoms with Crippen LogP contribution in [0.25, 0.3) is 10.8 Å². The molecule has 150 valence electrons. The van der Waals surface area contributed by atoms with Gasteiger partial charge >= 0.3 is 0 Å². The first-order chi connectivity index (χ1) is 13.9. The van der Waals surface area contributed by atoms with E-state index in [1.54, 1.807) is 24.3 Å². The zero-order valence-corrected chi connectivity index (χ0v) is 17.3. The summed E-state index contributed by atoms with van der Waals surface area (Å²) in [5.41, 5.74) is 1.73. The van der Waals surface area contributed by atoms with Crippen molar-refractivity contribution in [2.75, 3.05) is 25.5 Å². The fourth-order valence-corrected chi connectivity index (χ4v) is 3.33. The molecule has 3 N–H and O–H groups in total. The number of benzene rings is 3. The normalized spacial score (nSPS) is 12.9. The fraction of sp³-hybridized carbons (Fsp3) is 0.217. The molecular weight excluding hydrogens is 386 g/mol. The number of fused-ring (bicyclic) bond motifs is 1. The number of hydrogen-bond acceptors (Lipinski definition) is 2. The molecule has 5 nitrogen and oxygen atoms in total. The number of rotatable bonds is 7. The lowest BCUT2D eigenvalue weighted by atomic mass is 10.0. The van der Waals surface area contributed by atoms with E-state index in [0.717, 1.165) is 15.8 Å². The SMILES string of the molecule is C[C@H](NC(=O)C[NH+](C)CC(=O)Nc1ccc(Cl)cc1)c1ccc2ccccc2c1. The lowest BCUT2D eigenvalue weighted by Gasteiger charge is -2.17. The van der Waals surface area contributed by atoms with Crippen LogP contribution in [0.4, 0.5) is 5.69 Å². The van der Waals surface area contributed by atoms with E-state index in [0.29, 0.717) is 10.7 Å². The predicted molar refractivity (Wildman–Crippen MR) is 117 cm³/mol. The lowest BCUT2D eigenvalue weighted by molar-refractivity contribution is -0.862. The molecule has 3 aromatic rings. The molecule has 0 aliphatic carbocycles. The maximum absolute atomic E-state index is 12.4. The largest absolute Gasteiger partial charge is 0.345 e. The molecular formula is C23H25ClN3O2+. The lowest BCUT2D eigenvalue weighted by Crippen LogP contribution is -3.11. The predicted octanol–water partition coefficient (Wildman–Crippen LogP) is 2.82. The summed E-state index contributed by atoms with van der Waals surface area (Å²) >= 11 is 5.84. The Hall–Kier alpha value is -2.89. The number of anilines is 1. The van der Waals surface area contributed by atoms with Crippen LogP contribution in [-0.2, 0) is 9.59 Å². The van der Waals surface area contributed by atoms with Crippen molar-refractivity contribution in [3.05, 3.63) is 77.3 Å². The standard InChI is InChI=1S/C23H24ClN3O2/c1-16(18-8-7-17-5-3-4-6-19(17)13-18)25-22(28)14-27(2)15-23(29)26-21-11-9-20(24)10-12-21/h3-13,16H,14-15H2,1-2H3,(H,25,28)(H,26,29)/p+1/t16-/m0/s1. The summed E-state index contributed by atoms with van der Waals surface area (Å²) in [6, 6.07) is 21.1. The topological polar surface area (TPSA) is 62.6 Å². The molecule has 29 heavy (non-hydrogen) atoms. The van der Waals surface area contributed by atoms with Gasteiger partial charge in [0, 0.05) is 10.7 Å². The van der Waals surface area contributed by atoms with E-state index in [-0.39, 0.29) is 30.9 Å². The second-order valence-electron chi connectivity index (χ2n) is 7.26. The number of amides is 2. The number of halogens is 1. The van der Waals surface area contributed by atoms with Gasteiger partial charge in [0.1, 0.15) is 0 Å². The molecule has 6 heteroatoms. The number of quaternary nitrogens is 1. The second kappa shape index (κ2) is 9.54. The number of carbonyl (C=O) groups is 2. The highest BCUT2D eigenvalue weighted by Gasteiger charge is 2.17. The Kier molecular flexibility index (Phi) is 6.86. The number of nitrogens with one attached hydrogen (secondary N) is 3. The van der Waals surface area contributed by atoms with Crippen LogP contribution in [0, 0.1) is 0 Å². The van der Waals surface area contributed by atoms with Gasteiger partial charge in [-0.25, -0.2) is 0 Å². The minimum atomic E-state index is -0.153. The van der Waals surface area contributed by atoms with Crippen LogP contribution in [0.1, 0.15) is 18.5 Å². The molecule has 2 atom stereocenters. The first kappa shape index (κ1) is 20.8. The smallest absolute Gasteiger partial charge is 0.279 e. The van der Waals surface area contributed by atoms with Gasteiger partial charge in [-0.15, -0.1) is 0 Å². The van der Waals surface area contributed by atoms with Crippen LogP contribution in [0.15, 0.2) is 66.7 Å². The van der Waals surface area contributed by atoms with Crippen molar-refractivity contribution in [1.29, 1.82) is 0 Å². The highest BCUT2D eigenvalue weighted by Crippen LogP contribution is 2.20. The maximum atomic E-state index is 12.4. The van der Waals surface area contributed by atoms with E-state index in [4.69, 9.17) is 11.6 Å². The minimum absolute atomic E-state index is 0.0950. The molecule has 0 bridgehead atoms. The van der Waals surface area contributed by atoms with E-state index in [1.165, 1.54) is 5.39 Å². The Morgan fingerprint density at radius 2 is 1.59 bits per heavy atom. The van der Waals surface area contributed by atoms with Gasteiger partial charge in [-0.3, -0.25) is 9.59 Å². The van der Waals surface area contributed by atoms with Crippen molar-refractivity contribution in [1.82, 2.24) is 5.32 Å².